The summed E-state index contributed by atoms with van der Waals surface area (Å²) in [5.74, 6) is 0. The summed E-state index contributed by atoms with van der Waals surface area (Å²) < 4.78 is 6.67. The molecule has 0 N–H and O–H groups in total. The molecule has 1 atom stereocenters. The summed E-state index contributed by atoms with van der Waals surface area (Å²) in [5, 5.41) is 0. The zero-order valence-corrected chi connectivity index (χ0v) is 14.8. The summed E-state index contributed by atoms with van der Waals surface area (Å²) in [7, 11) is 0. The normalized spacial score (nSPS) is 13.2. The molecule has 90 valence electrons. The zero-order valence-electron chi connectivity index (χ0n) is 11.6. The molecule has 0 fully saturated rings. The van der Waals surface area contributed by atoms with E-state index in [4.69, 9.17) is 0 Å². The Labute approximate surface area is 105 Å². The van der Waals surface area contributed by atoms with Crippen molar-refractivity contribution in [2.24, 2.45) is 0 Å². The molecule has 0 saturated carbocycles. The molecule has 0 spiro atoms. The Morgan fingerprint density at radius 1 is 1.00 bits per heavy atom. The fourth-order valence-electron chi connectivity index (χ4n) is 2.34. The number of nitrogens with zero attached hydrogens (tertiary/aromatic N) is 1. The van der Waals surface area contributed by atoms with E-state index in [0.29, 0.717) is 0 Å². The predicted octanol–water partition coefficient (Wildman–Crippen LogP) is 4.03. The third-order valence-corrected chi connectivity index (χ3v) is 7.73. The van der Waals surface area contributed by atoms with E-state index >= 15 is 0 Å². The molecule has 0 aliphatic carbocycles. The van der Waals surface area contributed by atoms with Crippen molar-refractivity contribution in [2.75, 3.05) is 13.1 Å². The van der Waals surface area contributed by atoms with Crippen molar-refractivity contribution < 1.29 is 0 Å². The molecule has 2 heteroatoms. The van der Waals surface area contributed by atoms with Crippen LogP contribution in [0.4, 0.5) is 0 Å². The van der Waals surface area contributed by atoms with Crippen LogP contribution in [0.3, 0.4) is 0 Å². The van der Waals surface area contributed by atoms with Gasteiger partial charge in [-0.25, -0.2) is 0 Å². The Hall–Kier alpha value is 0.830. The third kappa shape index (κ3) is 7.68. The molecule has 0 radical (unpaired) electrons. The average molecular weight is 315 g/mol. The number of hydrogen-bond acceptors (Lipinski definition) is 1. The second kappa shape index (κ2) is 10.0. The molecule has 0 aromatic heterocycles. The van der Waals surface area contributed by atoms with Crippen molar-refractivity contribution in [1.29, 1.82) is 0 Å². The molecule has 0 rings (SSSR count). The van der Waals surface area contributed by atoms with Gasteiger partial charge in [-0.2, -0.15) is 0 Å². The van der Waals surface area contributed by atoms with Crippen molar-refractivity contribution in [2.45, 2.75) is 66.0 Å². The molecule has 1 nitrogen and oxygen atoms in total. The average Bonchev–Trinajstić information content (AvgIpc) is 2.19. The third-order valence-electron chi connectivity index (χ3n) is 3.27. The van der Waals surface area contributed by atoms with Crippen molar-refractivity contribution in [3.63, 3.8) is 0 Å². The Kier molecular flexibility index (Phi) is 10.6. The maximum absolute atomic E-state index is 2.65. The summed E-state index contributed by atoms with van der Waals surface area (Å²) in [6.45, 7) is 9.37. The van der Waals surface area contributed by atoms with Gasteiger partial charge in [0.2, 0.25) is 0 Å². The van der Waals surface area contributed by atoms with E-state index < -0.39 is 21.4 Å². The van der Waals surface area contributed by atoms with Crippen LogP contribution in [-0.4, -0.2) is 45.5 Å². The van der Waals surface area contributed by atoms with Crippen LogP contribution in [0.15, 0.2) is 0 Å². The van der Waals surface area contributed by atoms with E-state index in [9.17, 15) is 0 Å². The SMILES string of the molecule is CCCC(CC[CH2][In]([CH3])[CH3])N(CC)CC. The Bertz CT molecular complexity index is 132. The fraction of sp³-hybridized carbons (Fsp3) is 1.00. The van der Waals surface area contributed by atoms with E-state index in [1.54, 1.807) is 4.18 Å². The topological polar surface area (TPSA) is 3.24 Å². The van der Waals surface area contributed by atoms with Gasteiger partial charge in [-0.15, -0.1) is 0 Å². The van der Waals surface area contributed by atoms with Gasteiger partial charge >= 0.3 is 105 Å². The van der Waals surface area contributed by atoms with Crippen LogP contribution < -0.4 is 0 Å². The van der Waals surface area contributed by atoms with Gasteiger partial charge in [0.15, 0.2) is 0 Å². The molecule has 0 aromatic carbocycles. The van der Waals surface area contributed by atoms with E-state index in [2.05, 4.69) is 35.0 Å². The van der Waals surface area contributed by atoms with E-state index in [1.165, 1.54) is 38.8 Å². The van der Waals surface area contributed by atoms with Crippen LogP contribution in [0.2, 0.25) is 13.5 Å². The molecular formula is C13H30InN. The van der Waals surface area contributed by atoms with Crippen LogP contribution in [0.25, 0.3) is 0 Å². The zero-order chi connectivity index (χ0) is 11.7. The van der Waals surface area contributed by atoms with Crippen molar-refractivity contribution in [1.82, 2.24) is 4.90 Å². The summed E-state index contributed by atoms with van der Waals surface area (Å²) in [4.78, 5) is 2.65. The number of rotatable bonds is 9. The second-order valence-corrected chi connectivity index (χ2v) is 14.6. The van der Waals surface area contributed by atoms with E-state index in [0.717, 1.165) is 6.04 Å². The van der Waals surface area contributed by atoms with Gasteiger partial charge in [0.1, 0.15) is 0 Å². The molecule has 15 heavy (non-hydrogen) atoms. The monoisotopic (exact) mass is 315 g/mol. The van der Waals surface area contributed by atoms with Gasteiger partial charge < -0.3 is 0 Å². The van der Waals surface area contributed by atoms with Crippen LogP contribution in [-0.2, 0) is 0 Å². The molecular weight excluding hydrogens is 285 g/mol. The van der Waals surface area contributed by atoms with Crippen LogP contribution >= 0.6 is 0 Å². The van der Waals surface area contributed by atoms with Crippen LogP contribution in [0.5, 0.6) is 0 Å². The van der Waals surface area contributed by atoms with Gasteiger partial charge in [0, 0.05) is 0 Å². The minimum absolute atomic E-state index is 0.870. The number of hydrogen-bond donors (Lipinski definition) is 0. The molecule has 0 aliphatic rings. The summed E-state index contributed by atoms with van der Waals surface area (Å²) in [6.07, 6.45) is 5.68. The molecule has 0 heterocycles. The fourth-order valence-corrected chi connectivity index (χ4v) is 5.35. The molecule has 0 saturated heterocycles. The first kappa shape index (κ1) is 15.8. The summed E-state index contributed by atoms with van der Waals surface area (Å²) >= 11 is -0.922. The quantitative estimate of drug-likeness (QED) is 0.621. The standard InChI is InChI=1S/C11H24N.2CH3.In/c1-5-9-11(10-6-2)12(7-3)8-4;;;/h11H,1,5-10H2,2-4H3;2*1H3;. The van der Waals surface area contributed by atoms with E-state index in [-0.39, 0.29) is 0 Å². The van der Waals surface area contributed by atoms with Crippen LogP contribution in [0, 0.1) is 0 Å². The van der Waals surface area contributed by atoms with Gasteiger partial charge in [0.25, 0.3) is 0 Å². The van der Waals surface area contributed by atoms with Gasteiger partial charge in [0.05, 0.1) is 0 Å². The first-order chi connectivity index (χ1) is 7.15. The molecule has 0 aliphatic heterocycles. The maximum atomic E-state index is 2.65. The Morgan fingerprint density at radius 3 is 2.00 bits per heavy atom. The Balaban J connectivity index is 3.91. The van der Waals surface area contributed by atoms with Crippen molar-refractivity contribution in [3.8, 4) is 0 Å². The van der Waals surface area contributed by atoms with Gasteiger partial charge in [-0.05, 0) is 0 Å². The molecule has 0 bridgehead atoms. The van der Waals surface area contributed by atoms with Crippen LogP contribution in [0.1, 0.15) is 46.5 Å². The Morgan fingerprint density at radius 2 is 1.60 bits per heavy atom. The molecule has 0 amide bonds. The molecule has 1 unspecified atom stereocenters. The second-order valence-electron chi connectivity index (χ2n) is 4.99. The van der Waals surface area contributed by atoms with Crippen molar-refractivity contribution >= 4 is 21.4 Å². The summed E-state index contributed by atoms with van der Waals surface area (Å²) in [5.41, 5.74) is 0. The van der Waals surface area contributed by atoms with Gasteiger partial charge in [-0.1, -0.05) is 0 Å². The first-order valence-electron chi connectivity index (χ1n) is 6.89. The van der Waals surface area contributed by atoms with Gasteiger partial charge in [-0.3, -0.25) is 0 Å². The minimum atomic E-state index is -0.922. The van der Waals surface area contributed by atoms with Crippen molar-refractivity contribution in [3.05, 3.63) is 0 Å². The molecule has 0 aromatic rings. The van der Waals surface area contributed by atoms with E-state index in [1.807, 2.05) is 0 Å². The first-order valence-corrected chi connectivity index (χ1v) is 15.8. The predicted molar refractivity (Wildman–Crippen MR) is 73.1 cm³/mol. The summed E-state index contributed by atoms with van der Waals surface area (Å²) in [6, 6.07) is 0.870.